The van der Waals surface area contributed by atoms with Crippen LogP contribution in [-0.2, 0) is 0 Å². The van der Waals surface area contributed by atoms with E-state index < -0.39 is 0 Å². The van der Waals surface area contributed by atoms with Crippen LogP contribution in [0.3, 0.4) is 0 Å². The second kappa shape index (κ2) is 5.67. The molecule has 3 nitrogen and oxygen atoms in total. The maximum atomic E-state index is 6.12. The van der Waals surface area contributed by atoms with Gasteiger partial charge in [-0.2, -0.15) is 0 Å². The van der Waals surface area contributed by atoms with E-state index in [1.54, 1.807) is 6.20 Å². The van der Waals surface area contributed by atoms with Crippen LogP contribution in [0, 0.1) is 6.92 Å². The van der Waals surface area contributed by atoms with Crippen LogP contribution in [0.25, 0.3) is 11.4 Å². The highest BCUT2D eigenvalue weighted by Crippen LogP contribution is 2.26. The van der Waals surface area contributed by atoms with Crippen molar-refractivity contribution in [1.82, 2.24) is 9.97 Å². The van der Waals surface area contributed by atoms with Crippen LogP contribution in [-0.4, -0.2) is 16.5 Å². The van der Waals surface area contributed by atoms with Crippen molar-refractivity contribution in [3.05, 3.63) is 39.5 Å². The van der Waals surface area contributed by atoms with Crippen molar-refractivity contribution < 1.29 is 0 Å². The highest BCUT2D eigenvalue weighted by Gasteiger charge is 2.07. The van der Waals surface area contributed by atoms with Crippen LogP contribution in [0.15, 0.2) is 28.9 Å². The van der Waals surface area contributed by atoms with Crippen molar-refractivity contribution in [3.8, 4) is 11.4 Å². The lowest BCUT2D eigenvalue weighted by Gasteiger charge is -2.08. The van der Waals surface area contributed by atoms with Crippen LogP contribution < -0.4 is 5.32 Å². The molecule has 5 heteroatoms. The predicted octanol–water partition coefficient (Wildman–Crippen LogP) is 4.30. The van der Waals surface area contributed by atoms with Crippen LogP contribution in [0.2, 0.25) is 5.02 Å². The van der Waals surface area contributed by atoms with Gasteiger partial charge in [-0.05, 0) is 41.4 Å². The molecule has 0 bridgehead atoms. The quantitative estimate of drug-likeness (QED) is 0.914. The SMILES string of the molecule is CCNc1nc(-c2ccc(C)c(Cl)c2)ncc1Br. The van der Waals surface area contributed by atoms with Crippen LogP contribution in [0.5, 0.6) is 0 Å². The Morgan fingerprint density at radius 1 is 1.39 bits per heavy atom. The van der Waals surface area contributed by atoms with E-state index in [-0.39, 0.29) is 0 Å². The Kier molecular flexibility index (Phi) is 4.19. The fraction of sp³-hybridized carbons (Fsp3) is 0.231. The molecule has 0 saturated heterocycles. The van der Waals surface area contributed by atoms with E-state index in [2.05, 4.69) is 31.2 Å². The zero-order chi connectivity index (χ0) is 13.1. The number of rotatable bonds is 3. The molecule has 1 N–H and O–H groups in total. The van der Waals surface area contributed by atoms with E-state index in [1.165, 1.54) is 0 Å². The van der Waals surface area contributed by atoms with E-state index in [0.29, 0.717) is 5.82 Å². The predicted molar refractivity (Wildman–Crippen MR) is 79.1 cm³/mol. The minimum absolute atomic E-state index is 0.663. The molecule has 1 aromatic heterocycles. The largest absolute Gasteiger partial charge is 0.369 e. The number of hydrogen-bond donors (Lipinski definition) is 1. The Labute approximate surface area is 120 Å². The fourth-order valence-corrected chi connectivity index (χ4v) is 2.04. The van der Waals surface area contributed by atoms with Crippen molar-refractivity contribution in [1.29, 1.82) is 0 Å². The molecule has 0 radical (unpaired) electrons. The van der Waals surface area contributed by atoms with Crippen molar-refractivity contribution in [2.75, 3.05) is 11.9 Å². The van der Waals surface area contributed by atoms with Gasteiger partial charge in [0.1, 0.15) is 5.82 Å². The summed E-state index contributed by atoms with van der Waals surface area (Å²) in [6, 6.07) is 5.83. The first-order valence-electron chi connectivity index (χ1n) is 5.64. The van der Waals surface area contributed by atoms with Crippen molar-refractivity contribution >= 4 is 33.3 Å². The molecule has 2 rings (SSSR count). The highest BCUT2D eigenvalue weighted by molar-refractivity contribution is 9.10. The second-order valence-electron chi connectivity index (χ2n) is 3.88. The standard InChI is InChI=1S/C13H13BrClN3/c1-3-16-13-10(14)7-17-12(18-13)9-5-4-8(2)11(15)6-9/h4-7H,3H2,1-2H3,(H,16,17,18). The molecule has 0 saturated carbocycles. The summed E-state index contributed by atoms with van der Waals surface area (Å²) in [5.74, 6) is 1.45. The third kappa shape index (κ3) is 2.82. The van der Waals surface area contributed by atoms with Gasteiger partial charge in [-0.3, -0.25) is 0 Å². The van der Waals surface area contributed by atoms with Gasteiger partial charge in [0.2, 0.25) is 0 Å². The lowest BCUT2D eigenvalue weighted by molar-refractivity contribution is 1.10. The number of hydrogen-bond acceptors (Lipinski definition) is 3. The second-order valence-corrected chi connectivity index (χ2v) is 5.15. The third-order valence-corrected chi connectivity index (χ3v) is 3.51. The molecule has 0 aliphatic carbocycles. The fourth-order valence-electron chi connectivity index (χ4n) is 1.53. The first-order chi connectivity index (χ1) is 8.61. The first kappa shape index (κ1) is 13.3. The molecule has 0 fully saturated rings. The number of aryl methyl sites for hydroxylation is 1. The van der Waals surface area contributed by atoms with Gasteiger partial charge in [-0.1, -0.05) is 23.7 Å². The minimum atomic E-state index is 0.663. The summed E-state index contributed by atoms with van der Waals surface area (Å²) in [6.07, 6.45) is 1.74. The maximum Gasteiger partial charge on any atom is 0.161 e. The number of nitrogens with zero attached hydrogens (tertiary/aromatic N) is 2. The summed E-state index contributed by atoms with van der Waals surface area (Å²) in [5, 5.41) is 3.91. The minimum Gasteiger partial charge on any atom is -0.369 e. The molecule has 18 heavy (non-hydrogen) atoms. The average molecular weight is 327 g/mol. The summed E-state index contributed by atoms with van der Waals surface area (Å²) in [5.41, 5.74) is 1.96. The number of halogens is 2. The normalized spacial score (nSPS) is 10.4. The lowest BCUT2D eigenvalue weighted by atomic mass is 10.1. The summed E-state index contributed by atoms with van der Waals surface area (Å²) >= 11 is 9.53. The van der Waals surface area contributed by atoms with Crippen molar-refractivity contribution in [2.24, 2.45) is 0 Å². The van der Waals surface area contributed by atoms with Crippen LogP contribution in [0.4, 0.5) is 5.82 Å². The van der Waals surface area contributed by atoms with E-state index in [9.17, 15) is 0 Å². The number of benzene rings is 1. The smallest absolute Gasteiger partial charge is 0.161 e. The molecule has 94 valence electrons. The third-order valence-electron chi connectivity index (χ3n) is 2.52. The summed E-state index contributed by atoms with van der Waals surface area (Å²) in [7, 11) is 0. The molecular formula is C13H13BrClN3. The van der Waals surface area contributed by atoms with Gasteiger partial charge >= 0.3 is 0 Å². The molecule has 0 amide bonds. The van der Waals surface area contributed by atoms with Gasteiger partial charge in [-0.25, -0.2) is 9.97 Å². The Morgan fingerprint density at radius 2 is 2.17 bits per heavy atom. The molecular weight excluding hydrogens is 314 g/mol. The number of nitrogens with one attached hydrogen (secondary N) is 1. The molecule has 1 heterocycles. The van der Waals surface area contributed by atoms with E-state index in [0.717, 1.165) is 33.0 Å². The van der Waals surface area contributed by atoms with E-state index in [4.69, 9.17) is 11.6 Å². The van der Waals surface area contributed by atoms with Gasteiger partial charge in [0.15, 0.2) is 5.82 Å². The Morgan fingerprint density at radius 3 is 2.83 bits per heavy atom. The zero-order valence-electron chi connectivity index (χ0n) is 10.2. The Hall–Kier alpha value is -1.13. The maximum absolute atomic E-state index is 6.12. The van der Waals surface area contributed by atoms with Gasteiger partial charge in [0.25, 0.3) is 0 Å². The number of anilines is 1. The Balaban J connectivity index is 2.44. The summed E-state index contributed by atoms with van der Waals surface area (Å²) < 4.78 is 0.853. The molecule has 0 atom stereocenters. The summed E-state index contributed by atoms with van der Waals surface area (Å²) in [4.78, 5) is 8.78. The first-order valence-corrected chi connectivity index (χ1v) is 6.82. The van der Waals surface area contributed by atoms with Gasteiger partial charge in [0.05, 0.1) is 4.47 Å². The van der Waals surface area contributed by atoms with Gasteiger partial charge in [0, 0.05) is 23.3 Å². The molecule has 0 aliphatic heterocycles. The van der Waals surface area contributed by atoms with Crippen molar-refractivity contribution in [2.45, 2.75) is 13.8 Å². The molecule has 0 aliphatic rings. The van der Waals surface area contributed by atoms with Crippen molar-refractivity contribution in [3.63, 3.8) is 0 Å². The van der Waals surface area contributed by atoms with Gasteiger partial charge < -0.3 is 5.32 Å². The van der Waals surface area contributed by atoms with E-state index in [1.807, 2.05) is 32.0 Å². The molecule has 1 aromatic carbocycles. The van der Waals surface area contributed by atoms with E-state index >= 15 is 0 Å². The van der Waals surface area contributed by atoms with Gasteiger partial charge in [-0.15, -0.1) is 0 Å². The monoisotopic (exact) mass is 325 g/mol. The lowest BCUT2D eigenvalue weighted by Crippen LogP contribution is -2.02. The molecule has 2 aromatic rings. The topological polar surface area (TPSA) is 37.8 Å². The average Bonchev–Trinajstić information content (AvgIpc) is 2.36. The number of aromatic nitrogens is 2. The zero-order valence-corrected chi connectivity index (χ0v) is 12.5. The van der Waals surface area contributed by atoms with Crippen LogP contribution >= 0.6 is 27.5 Å². The summed E-state index contributed by atoms with van der Waals surface area (Å²) in [6.45, 7) is 4.80. The molecule has 0 unspecified atom stereocenters. The molecule has 0 spiro atoms. The Bertz CT molecular complexity index is 572. The highest BCUT2D eigenvalue weighted by atomic mass is 79.9. The van der Waals surface area contributed by atoms with Crippen LogP contribution in [0.1, 0.15) is 12.5 Å².